The molecule has 3 nitrogen and oxygen atoms in total. The van der Waals surface area contributed by atoms with E-state index in [0.29, 0.717) is 12.8 Å². The Morgan fingerprint density at radius 2 is 1.88 bits per heavy atom. The first-order valence-corrected chi connectivity index (χ1v) is 5.49. The summed E-state index contributed by atoms with van der Waals surface area (Å²) in [5, 5.41) is 9.67. The Morgan fingerprint density at radius 3 is 2.25 bits per heavy atom. The Hall–Kier alpha value is -0.330. The number of hydrogen-bond donors (Lipinski definition) is 2. The van der Waals surface area contributed by atoms with Crippen molar-refractivity contribution in [3.63, 3.8) is 0 Å². The quantitative estimate of drug-likeness (QED) is 0.777. The maximum absolute atomic E-state index is 12.7. The van der Waals surface area contributed by atoms with E-state index < -0.39 is 17.8 Å². The Kier molecular flexibility index (Phi) is 4.20. The van der Waals surface area contributed by atoms with Crippen molar-refractivity contribution in [1.29, 1.82) is 0 Å². The number of aliphatic hydroxyl groups is 1. The number of nitrogens with zero attached hydrogens (tertiary/aromatic N) is 1. The van der Waals surface area contributed by atoms with Crippen LogP contribution in [0, 0.1) is 0 Å². The first-order chi connectivity index (χ1) is 7.26. The highest BCUT2D eigenvalue weighted by atomic mass is 19.4. The van der Waals surface area contributed by atoms with Gasteiger partial charge in [-0.2, -0.15) is 13.2 Å². The van der Waals surface area contributed by atoms with Gasteiger partial charge in [-0.1, -0.05) is 0 Å². The number of likely N-dealkylation sites (tertiary alicyclic amines) is 1. The Labute approximate surface area is 93.4 Å². The first kappa shape index (κ1) is 13.7. The van der Waals surface area contributed by atoms with Crippen molar-refractivity contribution in [3.05, 3.63) is 0 Å². The van der Waals surface area contributed by atoms with Crippen LogP contribution in [0.3, 0.4) is 0 Å². The van der Waals surface area contributed by atoms with E-state index in [1.54, 1.807) is 6.92 Å². The molecule has 16 heavy (non-hydrogen) atoms. The van der Waals surface area contributed by atoms with Gasteiger partial charge in [-0.25, -0.2) is 0 Å². The fourth-order valence-corrected chi connectivity index (χ4v) is 2.03. The van der Waals surface area contributed by atoms with Crippen LogP contribution in [-0.4, -0.2) is 47.5 Å². The number of halogens is 3. The van der Waals surface area contributed by atoms with E-state index >= 15 is 0 Å². The molecule has 0 radical (unpaired) electrons. The fourth-order valence-electron chi connectivity index (χ4n) is 2.03. The molecule has 1 heterocycles. The zero-order chi connectivity index (χ0) is 12.4. The molecular weight excluding hydrogens is 221 g/mol. The lowest BCUT2D eigenvalue weighted by Gasteiger charge is -2.40. The number of piperidine rings is 1. The maximum atomic E-state index is 12.7. The van der Waals surface area contributed by atoms with Crippen LogP contribution in [0.1, 0.15) is 26.2 Å². The van der Waals surface area contributed by atoms with Gasteiger partial charge in [0, 0.05) is 13.1 Å². The van der Waals surface area contributed by atoms with Crippen molar-refractivity contribution in [3.8, 4) is 0 Å². The molecule has 1 unspecified atom stereocenters. The minimum atomic E-state index is -4.23. The smallest absolute Gasteiger partial charge is 0.390 e. The second-order valence-corrected chi connectivity index (χ2v) is 4.67. The van der Waals surface area contributed by atoms with E-state index in [9.17, 15) is 18.3 Å². The van der Waals surface area contributed by atoms with Crippen LogP contribution >= 0.6 is 0 Å². The van der Waals surface area contributed by atoms with E-state index in [1.165, 1.54) is 4.90 Å². The van der Waals surface area contributed by atoms with E-state index in [2.05, 4.69) is 0 Å². The summed E-state index contributed by atoms with van der Waals surface area (Å²) in [6.45, 7) is 2.24. The zero-order valence-corrected chi connectivity index (χ0v) is 9.43. The van der Waals surface area contributed by atoms with Crippen LogP contribution < -0.4 is 5.73 Å². The summed E-state index contributed by atoms with van der Waals surface area (Å²) in [5.74, 6) is 0. The van der Waals surface area contributed by atoms with Crippen molar-refractivity contribution < 1.29 is 18.3 Å². The van der Waals surface area contributed by atoms with Crippen molar-refractivity contribution in [1.82, 2.24) is 4.90 Å². The molecule has 0 saturated carbocycles. The molecule has 6 heteroatoms. The molecule has 3 N–H and O–H groups in total. The summed E-state index contributed by atoms with van der Waals surface area (Å²) in [6.07, 6.45) is -3.55. The van der Waals surface area contributed by atoms with Gasteiger partial charge >= 0.3 is 6.18 Å². The monoisotopic (exact) mass is 240 g/mol. The minimum absolute atomic E-state index is 0.0249. The highest BCUT2D eigenvalue weighted by molar-refractivity contribution is 4.87. The molecule has 0 spiro atoms. The van der Waals surface area contributed by atoms with Crippen molar-refractivity contribution in [2.24, 2.45) is 5.73 Å². The molecule has 0 amide bonds. The molecule has 0 aromatic rings. The number of alkyl halides is 3. The molecule has 1 fully saturated rings. The zero-order valence-electron chi connectivity index (χ0n) is 9.43. The summed E-state index contributed by atoms with van der Waals surface area (Å²) < 4.78 is 38.2. The van der Waals surface area contributed by atoms with Crippen LogP contribution in [0.5, 0.6) is 0 Å². The maximum Gasteiger partial charge on any atom is 0.404 e. The molecule has 1 atom stereocenters. The predicted molar refractivity (Wildman–Crippen MR) is 54.9 cm³/mol. The highest BCUT2D eigenvalue weighted by Gasteiger charge is 2.44. The molecule has 0 aliphatic carbocycles. The van der Waals surface area contributed by atoms with Crippen LogP contribution in [0.4, 0.5) is 13.2 Å². The summed E-state index contributed by atoms with van der Waals surface area (Å²) in [4.78, 5) is 1.38. The normalized spacial score (nSPS) is 24.4. The SMILES string of the molecule is CC1(O)CCN(C(CCN)C(F)(F)F)CC1. The number of hydrogen-bond acceptors (Lipinski definition) is 3. The van der Waals surface area contributed by atoms with Crippen molar-refractivity contribution >= 4 is 0 Å². The Balaban J connectivity index is 2.61. The highest BCUT2D eigenvalue weighted by Crippen LogP contribution is 2.31. The van der Waals surface area contributed by atoms with Gasteiger partial charge in [-0.15, -0.1) is 0 Å². The van der Waals surface area contributed by atoms with Gasteiger partial charge in [-0.3, -0.25) is 4.90 Å². The lowest BCUT2D eigenvalue weighted by Crippen LogP contribution is -2.52. The molecule has 1 saturated heterocycles. The van der Waals surface area contributed by atoms with Crippen LogP contribution in [0.2, 0.25) is 0 Å². The third kappa shape index (κ3) is 3.61. The standard InChI is InChI=1S/C10H19F3N2O/c1-9(16)3-6-15(7-4-9)8(2-5-14)10(11,12)13/h8,16H,2-7,14H2,1H3. The molecule has 0 aromatic heterocycles. The second kappa shape index (κ2) is 4.89. The lowest BCUT2D eigenvalue weighted by atomic mass is 9.92. The van der Waals surface area contributed by atoms with Gasteiger partial charge in [0.1, 0.15) is 6.04 Å². The molecule has 0 bridgehead atoms. The number of nitrogens with two attached hydrogens (primary N) is 1. The van der Waals surface area contributed by atoms with Gasteiger partial charge in [0.25, 0.3) is 0 Å². The molecule has 1 aliphatic rings. The molecular formula is C10H19F3N2O. The lowest BCUT2D eigenvalue weighted by molar-refractivity contribution is -0.192. The average molecular weight is 240 g/mol. The van der Waals surface area contributed by atoms with Crippen LogP contribution in [-0.2, 0) is 0 Å². The van der Waals surface area contributed by atoms with Gasteiger partial charge < -0.3 is 10.8 Å². The first-order valence-electron chi connectivity index (χ1n) is 5.49. The van der Waals surface area contributed by atoms with Crippen molar-refractivity contribution in [2.45, 2.75) is 44.0 Å². The Morgan fingerprint density at radius 1 is 1.38 bits per heavy atom. The van der Waals surface area contributed by atoms with E-state index in [0.717, 1.165) is 0 Å². The van der Waals surface area contributed by atoms with Gasteiger partial charge in [0.2, 0.25) is 0 Å². The fraction of sp³-hybridized carbons (Fsp3) is 1.00. The topological polar surface area (TPSA) is 49.5 Å². The van der Waals surface area contributed by atoms with E-state index in [-0.39, 0.29) is 26.1 Å². The van der Waals surface area contributed by atoms with E-state index in [1.807, 2.05) is 0 Å². The van der Waals surface area contributed by atoms with Crippen molar-refractivity contribution in [2.75, 3.05) is 19.6 Å². The minimum Gasteiger partial charge on any atom is -0.390 e. The summed E-state index contributed by atoms with van der Waals surface area (Å²) in [5.41, 5.74) is 4.39. The van der Waals surface area contributed by atoms with Crippen LogP contribution in [0.25, 0.3) is 0 Å². The molecule has 96 valence electrons. The van der Waals surface area contributed by atoms with Gasteiger partial charge in [0.05, 0.1) is 5.60 Å². The third-order valence-corrected chi connectivity index (χ3v) is 3.13. The second-order valence-electron chi connectivity index (χ2n) is 4.67. The molecule has 0 aromatic carbocycles. The molecule has 1 aliphatic heterocycles. The van der Waals surface area contributed by atoms with Gasteiger partial charge in [-0.05, 0) is 32.7 Å². The third-order valence-electron chi connectivity index (χ3n) is 3.13. The molecule has 1 rings (SSSR count). The van der Waals surface area contributed by atoms with Crippen LogP contribution in [0.15, 0.2) is 0 Å². The summed E-state index contributed by atoms with van der Waals surface area (Å²) in [6, 6.07) is -1.46. The Bertz CT molecular complexity index is 221. The summed E-state index contributed by atoms with van der Waals surface area (Å²) >= 11 is 0. The van der Waals surface area contributed by atoms with Gasteiger partial charge in [0.15, 0.2) is 0 Å². The largest absolute Gasteiger partial charge is 0.404 e. The predicted octanol–water partition coefficient (Wildman–Crippen LogP) is 1.11. The number of rotatable bonds is 3. The van der Waals surface area contributed by atoms with E-state index in [4.69, 9.17) is 5.73 Å². The average Bonchev–Trinajstić information content (AvgIpc) is 2.13. The summed E-state index contributed by atoms with van der Waals surface area (Å²) in [7, 11) is 0.